The molecule has 0 radical (unpaired) electrons. The smallest absolute Gasteiger partial charge is 0.0656 e. The lowest BCUT2D eigenvalue weighted by atomic mass is 9.84. The fourth-order valence-electron chi connectivity index (χ4n) is 10.5. The van der Waals surface area contributed by atoms with Crippen LogP contribution in [0.2, 0.25) is 78.6 Å². The van der Waals surface area contributed by atoms with Gasteiger partial charge in [0.2, 0.25) is 0 Å². The van der Waals surface area contributed by atoms with Crippen LogP contribution in [-0.4, -0.2) is 32.3 Å². The van der Waals surface area contributed by atoms with E-state index in [0.29, 0.717) is 0 Å². The molecule has 0 unspecified atom stereocenters. The van der Waals surface area contributed by atoms with Crippen LogP contribution in [0.1, 0.15) is 0 Å². The Kier molecular flexibility index (Phi) is 11.4. The highest BCUT2D eigenvalue weighted by molar-refractivity contribution is 6.90. The minimum atomic E-state index is -1.65. The summed E-state index contributed by atoms with van der Waals surface area (Å²) in [4.78, 5) is 0. The molecule has 10 aromatic rings. The summed E-state index contributed by atoms with van der Waals surface area (Å²) in [6, 6.07) is 70.8. The fourth-order valence-corrected chi connectivity index (χ4v) is 15.1. The molecule has 0 bridgehead atoms. The molecule has 0 spiro atoms. The van der Waals surface area contributed by atoms with Crippen molar-refractivity contribution in [1.29, 1.82) is 0 Å². The van der Waals surface area contributed by atoms with Gasteiger partial charge < -0.3 is 0 Å². The molecular formula is C64H66Si4. The van der Waals surface area contributed by atoms with E-state index in [1.165, 1.54) is 119 Å². The monoisotopic (exact) mass is 946 g/mol. The Morgan fingerprint density at radius 3 is 0.691 bits per heavy atom. The highest BCUT2D eigenvalue weighted by Gasteiger charge is 2.26. The van der Waals surface area contributed by atoms with Crippen LogP contribution in [0.25, 0.3) is 98.7 Å². The van der Waals surface area contributed by atoms with Gasteiger partial charge in [-0.2, -0.15) is 0 Å². The second-order valence-corrected chi connectivity index (χ2v) is 43.7. The molecule has 0 aliphatic heterocycles. The van der Waals surface area contributed by atoms with Crippen molar-refractivity contribution in [3.63, 3.8) is 0 Å². The van der Waals surface area contributed by atoms with E-state index in [4.69, 9.17) is 0 Å². The summed E-state index contributed by atoms with van der Waals surface area (Å²) < 4.78 is 0. The van der Waals surface area contributed by atoms with Gasteiger partial charge in [-0.25, -0.2) is 0 Å². The summed E-state index contributed by atoms with van der Waals surface area (Å²) in [5.41, 5.74) is 12.9. The second kappa shape index (κ2) is 17.0. The van der Waals surface area contributed by atoms with Crippen LogP contribution in [0.4, 0.5) is 0 Å². The van der Waals surface area contributed by atoms with Crippen molar-refractivity contribution in [3.8, 4) is 55.6 Å². The molecule has 0 amide bonds. The summed E-state index contributed by atoms with van der Waals surface area (Å²) in [7, 11) is -6.57. The zero-order valence-corrected chi connectivity index (χ0v) is 46.3. The van der Waals surface area contributed by atoms with Crippen molar-refractivity contribution >= 4 is 96.1 Å². The Morgan fingerprint density at radius 2 is 0.426 bits per heavy atom. The Balaban J connectivity index is 1.24. The first-order valence-electron chi connectivity index (χ1n) is 24.7. The van der Waals surface area contributed by atoms with E-state index in [2.05, 4.69) is 261 Å². The summed E-state index contributed by atoms with van der Waals surface area (Å²) in [6.07, 6.45) is 0. The maximum absolute atomic E-state index is 2.56. The van der Waals surface area contributed by atoms with E-state index in [0.717, 1.165) is 0 Å². The molecule has 0 fully saturated rings. The van der Waals surface area contributed by atoms with Crippen LogP contribution in [0.3, 0.4) is 0 Å². The molecule has 0 saturated heterocycles. The topological polar surface area (TPSA) is 0 Å². The molecule has 0 saturated carbocycles. The first-order valence-corrected chi connectivity index (χ1v) is 38.7. The zero-order chi connectivity index (χ0) is 47.9. The molecule has 0 heterocycles. The van der Waals surface area contributed by atoms with Gasteiger partial charge in [0.15, 0.2) is 0 Å². The highest BCUT2D eigenvalue weighted by atomic mass is 28.3. The Morgan fingerprint density at radius 1 is 0.191 bits per heavy atom. The quantitative estimate of drug-likeness (QED) is 0.0999. The van der Waals surface area contributed by atoms with E-state index in [-0.39, 0.29) is 0 Å². The Bertz CT molecular complexity index is 3340. The molecule has 0 N–H and O–H groups in total. The van der Waals surface area contributed by atoms with Crippen LogP contribution >= 0.6 is 0 Å². The van der Waals surface area contributed by atoms with Gasteiger partial charge in [0.1, 0.15) is 0 Å². The van der Waals surface area contributed by atoms with Crippen molar-refractivity contribution in [2.45, 2.75) is 78.6 Å². The van der Waals surface area contributed by atoms with Crippen LogP contribution in [0.5, 0.6) is 0 Å². The molecule has 338 valence electrons. The van der Waals surface area contributed by atoms with Crippen molar-refractivity contribution < 1.29 is 0 Å². The van der Waals surface area contributed by atoms with Gasteiger partial charge in [-0.15, -0.1) is 0 Å². The Labute approximate surface area is 409 Å². The minimum Gasteiger partial charge on any atom is -0.0656 e. The van der Waals surface area contributed by atoms with Crippen molar-refractivity contribution in [2.75, 3.05) is 0 Å². The summed E-state index contributed by atoms with van der Waals surface area (Å²) >= 11 is 0. The van der Waals surface area contributed by atoms with Gasteiger partial charge in [-0.05, 0) is 111 Å². The standard InChI is InChI=1S/C64H66Si4/c1-65(2,3)49-31-35-55-57(39-49)61(43-21-15-13-16-22-43)53-33-29-51(67(7,8)9)41-59(53)63(55)47-27-19-25-45(37-47)46-26-20-28-48(38-46)64-56-36-32-50(66(4,5)6)40-58(56)62(44-23-17-14-18-24-44)54-34-30-52(42-60(54)64)68(10,11)12/h13-42H,1-12H3. The van der Waals surface area contributed by atoms with Crippen molar-refractivity contribution in [2.24, 2.45) is 0 Å². The number of hydrogen-bond acceptors (Lipinski definition) is 0. The zero-order valence-electron chi connectivity index (χ0n) is 42.3. The van der Waals surface area contributed by atoms with E-state index in [1.807, 2.05) is 0 Å². The third-order valence-electron chi connectivity index (χ3n) is 14.5. The van der Waals surface area contributed by atoms with Crippen LogP contribution in [0, 0.1) is 0 Å². The maximum atomic E-state index is 2.56. The third-order valence-corrected chi connectivity index (χ3v) is 22.6. The predicted octanol–water partition coefficient (Wildman–Crippen LogP) is 16.8. The van der Waals surface area contributed by atoms with Gasteiger partial charge in [-0.3, -0.25) is 0 Å². The van der Waals surface area contributed by atoms with Crippen LogP contribution < -0.4 is 20.7 Å². The van der Waals surface area contributed by atoms with Gasteiger partial charge in [-0.1, -0.05) is 269 Å². The van der Waals surface area contributed by atoms with E-state index in [1.54, 1.807) is 0 Å². The summed E-state index contributed by atoms with van der Waals surface area (Å²) in [6.45, 7) is 29.6. The molecule has 10 aromatic carbocycles. The average Bonchev–Trinajstić information content (AvgIpc) is 3.31. The second-order valence-electron chi connectivity index (χ2n) is 23.4. The SMILES string of the molecule is C[Si](C)(C)c1ccc2c(-c3cccc(-c4cccc(-c5c6ccc([Si](C)(C)C)cc6c(-c6ccccc6)c6ccc([Si](C)(C)C)cc56)c4)c3)c3cc([Si](C)(C)C)ccc3c(-c3ccccc3)c2c1. The lowest BCUT2D eigenvalue weighted by Crippen LogP contribution is -2.37. The van der Waals surface area contributed by atoms with Gasteiger partial charge in [0.05, 0.1) is 32.3 Å². The van der Waals surface area contributed by atoms with Gasteiger partial charge in [0, 0.05) is 0 Å². The average molecular weight is 948 g/mol. The Hall–Kier alpha value is -5.89. The summed E-state index contributed by atoms with van der Waals surface area (Å²) in [5, 5.41) is 16.6. The third kappa shape index (κ3) is 8.40. The lowest BCUT2D eigenvalue weighted by Gasteiger charge is -2.24. The lowest BCUT2D eigenvalue weighted by molar-refractivity contribution is 1.60. The van der Waals surface area contributed by atoms with Gasteiger partial charge in [0.25, 0.3) is 0 Å². The predicted molar refractivity (Wildman–Crippen MR) is 316 cm³/mol. The maximum Gasteiger partial charge on any atom is 0.0776 e. The van der Waals surface area contributed by atoms with Crippen LogP contribution in [-0.2, 0) is 0 Å². The van der Waals surface area contributed by atoms with Gasteiger partial charge >= 0.3 is 0 Å². The molecular weight excluding hydrogens is 881 g/mol. The van der Waals surface area contributed by atoms with Crippen molar-refractivity contribution in [1.82, 2.24) is 0 Å². The molecule has 0 aliphatic rings. The van der Waals surface area contributed by atoms with E-state index in [9.17, 15) is 0 Å². The molecule has 0 atom stereocenters. The fraction of sp³-hybridized carbons (Fsp3) is 0.188. The largest absolute Gasteiger partial charge is 0.0776 e. The molecule has 10 rings (SSSR count). The van der Waals surface area contributed by atoms with E-state index >= 15 is 0 Å². The molecule has 0 aliphatic carbocycles. The normalized spacial score (nSPS) is 12.7. The number of fused-ring (bicyclic) bond motifs is 4. The summed E-state index contributed by atoms with van der Waals surface area (Å²) in [5.74, 6) is 0. The molecule has 4 heteroatoms. The molecule has 68 heavy (non-hydrogen) atoms. The number of benzene rings is 10. The first kappa shape index (κ1) is 45.9. The van der Waals surface area contributed by atoms with Crippen LogP contribution in [0.15, 0.2) is 182 Å². The van der Waals surface area contributed by atoms with E-state index < -0.39 is 32.3 Å². The number of rotatable bonds is 9. The molecule has 0 aromatic heterocycles. The van der Waals surface area contributed by atoms with Crippen molar-refractivity contribution in [3.05, 3.63) is 182 Å². The minimum absolute atomic E-state index is 1.23. The first-order chi connectivity index (χ1) is 32.3. The highest BCUT2D eigenvalue weighted by Crippen LogP contribution is 2.46. The number of hydrogen-bond donors (Lipinski definition) is 0. The molecule has 0 nitrogen and oxygen atoms in total.